The van der Waals surface area contributed by atoms with Gasteiger partial charge in [0.2, 0.25) is 5.91 Å². The van der Waals surface area contributed by atoms with E-state index in [9.17, 15) is 14.4 Å². The number of amides is 2. The zero-order chi connectivity index (χ0) is 13.7. The molecule has 0 aliphatic rings. The number of halogens is 1. The van der Waals surface area contributed by atoms with Gasteiger partial charge in [-0.2, -0.15) is 0 Å². The van der Waals surface area contributed by atoms with Gasteiger partial charge < -0.3 is 16.2 Å². The zero-order valence-corrected chi connectivity index (χ0v) is 9.72. The van der Waals surface area contributed by atoms with E-state index >= 15 is 0 Å². The van der Waals surface area contributed by atoms with E-state index in [1.54, 1.807) is 0 Å². The summed E-state index contributed by atoms with van der Waals surface area (Å²) in [6.45, 7) is 0. The second kappa shape index (κ2) is 5.92. The number of hydrogen-bond donors (Lipinski definition) is 3. The molecule has 0 bridgehead atoms. The summed E-state index contributed by atoms with van der Waals surface area (Å²) in [5.74, 6) is -3.00. The second-order valence-corrected chi connectivity index (χ2v) is 3.66. The zero-order valence-electron chi connectivity index (χ0n) is 8.96. The summed E-state index contributed by atoms with van der Waals surface area (Å²) in [4.78, 5) is 33.0. The van der Waals surface area contributed by atoms with Crippen molar-refractivity contribution in [3.05, 3.63) is 23.0 Å². The molecular formula is C9H9ClN4O4. The highest BCUT2D eigenvalue weighted by Crippen LogP contribution is 2.03. The molecule has 1 atom stereocenters. The lowest BCUT2D eigenvalue weighted by molar-refractivity contribution is -0.140. The lowest BCUT2D eigenvalue weighted by Gasteiger charge is -2.11. The van der Waals surface area contributed by atoms with Gasteiger partial charge in [-0.25, -0.2) is 4.79 Å². The van der Waals surface area contributed by atoms with Gasteiger partial charge in [-0.15, -0.1) is 10.2 Å². The van der Waals surface area contributed by atoms with Crippen LogP contribution >= 0.6 is 11.6 Å². The number of carboxylic acid groups (broad SMARTS) is 1. The van der Waals surface area contributed by atoms with E-state index in [-0.39, 0.29) is 10.8 Å². The van der Waals surface area contributed by atoms with E-state index in [2.05, 4.69) is 15.5 Å². The van der Waals surface area contributed by atoms with Gasteiger partial charge in [-0.3, -0.25) is 9.59 Å². The number of hydrogen-bond acceptors (Lipinski definition) is 5. The van der Waals surface area contributed by atoms with Gasteiger partial charge in [0.1, 0.15) is 6.04 Å². The molecule has 1 aromatic rings. The first kappa shape index (κ1) is 13.8. The van der Waals surface area contributed by atoms with Gasteiger partial charge in [0.05, 0.1) is 6.42 Å². The van der Waals surface area contributed by atoms with Crippen LogP contribution in [-0.2, 0) is 9.59 Å². The third kappa shape index (κ3) is 3.98. The molecule has 0 radical (unpaired) electrons. The Morgan fingerprint density at radius 1 is 1.39 bits per heavy atom. The number of nitrogens with zero attached hydrogens (tertiary/aromatic N) is 2. The number of aliphatic carboxylic acids is 1. The van der Waals surface area contributed by atoms with E-state index in [4.69, 9.17) is 22.4 Å². The maximum atomic E-state index is 11.6. The first-order valence-electron chi connectivity index (χ1n) is 4.71. The van der Waals surface area contributed by atoms with Crippen molar-refractivity contribution in [2.24, 2.45) is 5.73 Å². The molecule has 0 aliphatic carbocycles. The van der Waals surface area contributed by atoms with Crippen molar-refractivity contribution in [2.45, 2.75) is 12.5 Å². The van der Waals surface area contributed by atoms with E-state index < -0.39 is 30.2 Å². The Bertz CT molecular complexity index is 476. The van der Waals surface area contributed by atoms with Gasteiger partial charge in [-0.05, 0) is 12.1 Å². The predicted molar refractivity (Wildman–Crippen MR) is 59.7 cm³/mol. The van der Waals surface area contributed by atoms with Crippen LogP contribution < -0.4 is 11.1 Å². The van der Waals surface area contributed by atoms with Gasteiger partial charge in [0, 0.05) is 0 Å². The molecule has 96 valence electrons. The fraction of sp³-hybridized carbons (Fsp3) is 0.222. The SMILES string of the molecule is NC(=O)C[C@H](NC(=O)c1ccc(Cl)nn1)C(=O)O. The fourth-order valence-electron chi connectivity index (χ4n) is 1.07. The number of primary amides is 1. The number of carbonyl (C=O) groups is 3. The van der Waals surface area contributed by atoms with Crippen LogP contribution in [0.4, 0.5) is 0 Å². The number of rotatable bonds is 5. The van der Waals surface area contributed by atoms with Crippen LogP contribution in [0.1, 0.15) is 16.9 Å². The van der Waals surface area contributed by atoms with Crippen LogP contribution in [-0.4, -0.2) is 39.1 Å². The van der Waals surface area contributed by atoms with Gasteiger partial charge in [0.25, 0.3) is 5.91 Å². The lowest BCUT2D eigenvalue weighted by atomic mass is 10.2. The molecule has 0 aromatic carbocycles. The molecule has 2 amide bonds. The van der Waals surface area contributed by atoms with Crippen molar-refractivity contribution < 1.29 is 19.5 Å². The van der Waals surface area contributed by atoms with Crippen LogP contribution in [0.25, 0.3) is 0 Å². The third-order valence-electron chi connectivity index (χ3n) is 1.87. The first-order valence-corrected chi connectivity index (χ1v) is 5.09. The van der Waals surface area contributed by atoms with Gasteiger partial charge >= 0.3 is 5.97 Å². The normalized spacial score (nSPS) is 11.6. The van der Waals surface area contributed by atoms with Crippen molar-refractivity contribution in [3.8, 4) is 0 Å². The van der Waals surface area contributed by atoms with Gasteiger partial charge in [0.15, 0.2) is 10.8 Å². The summed E-state index contributed by atoms with van der Waals surface area (Å²) < 4.78 is 0. The minimum absolute atomic E-state index is 0.0958. The monoisotopic (exact) mass is 272 g/mol. The summed E-state index contributed by atoms with van der Waals surface area (Å²) in [5.41, 5.74) is 4.75. The third-order valence-corrected chi connectivity index (χ3v) is 2.07. The molecule has 18 heavy (non-hydrogen) atoms. The summed E-state index contributed by atoms with van der Waals surface area (Å²) in [6, 6.07) is 1.19. The fourth-order valence-corrected chi connectivity index (χ4v) is 1.17. The van der Waals surface area contributed by atoms with E-state index in [1.165, 1.54) is 12.1 Å². The Morgan fingerprint density at radius 3 is 2.50 bits per heavy atom. The molecular weight excluding hydrogens is 264 g/mol. The molecule has 9 heteroatoms. The first-order chi connectivity index (χ1) is 8.40. The minimum Gasteiger partial charge on any atom is -0.480 e. The second-order valence-electron chi connectivity index (χ2n) is 3.28. The van der Waals surface area contributed by atoms with Crippen LogP contribution in [0.3, 0.4) is 0 Å². The molecule has 0 spiro atoms. The van der Waals surface area contributed by atoms with Crippen molar-refractivity contribution in [1.29, 1.82) is 0 Å². The Labute approximate surface area is 106 Å². The number of nitrogens with one attached hydrogen (secondary N) is 1. The smallest absolute Gasteiger partial charge is 0.326 e. The highest BCUT2D eigenvalue weighted by molar-refractivity contribution is 6.29. The molecule has 1 aromatic heterocycles. The summed E-state index contributed by atoms with van der Waals surface area (Å²) in [6.07, 6.45) is -0.512. The molecule has 4 N–H and O–H groups in total. The van der Waals surface area contributed by atoms with E-state index in [0.717, 1.165) is 0 Å². The molecule has 0 unspecified atom stereocenters. The summed E-state index contributed by atoms with van der Waals surface area (Å²) >= 11 is 5.48. The Morgan fingerprint density at radius 2 is 2.06 bits per heavy atom. The summed E-state index contributed by atoms with van der Waals surface area (Å²) in [5, 5.41) is 17.9. The Hall–Kier alpha value is -2.22. The van der Waals surface area contributed by atoms with Crippen molar-refractivity contribution in [3.63, 3.8) is 0 Å². The maximum absolute atomic E-state index is 11.6. The topological polar surface area (TPSA) is 135 Å². The molecule has 0 aliphatic heterocycles. The lowest BCUT2D eigenvalue weighted by Crippen LogP contribution is -2.43. The molecule has 0 fully saturated rings. The molecule has 0 saturated heterocycles. The number of aromatic nitrogens is 2. The van der Waals surface area contributed by atoms with Crippen LogP contribution in [0, 0.1) is 0 Å². The average Bonchev–Trinajstić information content (AvgIpc) is 2.28. The van der Waals surface area contributed by atoms with Crippen molar-refractivity contribution in [2.75, 3.05) is 0 Å². The highest BCUT2D eigenvalue weighted by atomic mass is 35.5. The minimum atomic E-state index is -1.41. The largest absolute Gasteiger partial charge is 0.480 e. The molecule has 1 heterocycles. The van der Waals surface area contributed by atoms with Crippen molar-refractivity contribution in [1.82, 2.24) is 15.5 Å². The molecule has 0 saturated carbocycles. The highest BCUT2D eigenvalue weighted by Gasteiger charge is 2.23. The number of carbonyl (C=O) groups excluding carboxylic acids is 2. The number of carboxylic acids is 1. The standard InChI is InChI=1S/C9H9ClN4O4/c10-6-2-1-4(13-14-6)8(16)12-5(9(17)18)3-7(11)15/h1-2,5H,3H2,(H2,11,15)(H,12,16)(H,17,18)/t5-/m0/s1. The molecule has 1 rings (SSSR count). The van der Waals surface area contributed by atoms with E-state index in [1.807, 2.05) is 0 Å². The average molecular weight is 273 g/mol. The Balaban J connectivity index is 2.75. The van der Waals surface area contributed by atoms with E-state index in [0.29, 0.717) is 0 Å². The van der Waals surface area contributed by atoms with Crippen LogP contribution in [0.15, 0.2) is 12.1 Å². The maximum Gasteiger partial charge on any atom is 0.326 e. The Kier molecular flexibility index (Phi) is 4.55. The summed E-state index contributed by atoms with van der Waals surface area (Å²) in [7, 11) is 0. The van der Waals surface area contributed by atoms with Crippen LogP contribution in [0.5, 0.6) is 0 Å². The van der Waals surface area contributed by atoms with Gasteiger partial charge in [-0.1, -0.05) is 11.6 Å². The molecule has 8 nitrogen and oxygen atoms in total. The predicted octanol–water partition coefficient (Wildman–Crippen LogP) is -0.812. The number of nitrogens with two attached hydrogens (primary N) is 1. The van der Waals surface area contributed by atoms with Crippen LogP contribution in [0.2, 0.25) is 5.15 Å². The van der Waals surface area contributed by atoms with Crippen molar-refractivity contribution >= 4 is 29.4 Å². The quantitative estimate of drug-likeness (QED) is 0.641.